The van der Waals surface area contributed by atoms with Gasteiger partial charge in [-0.1, -0.05) is 11.6 Å². The van der Waals surface area contributed by atoms with Gasteiger partial charge < -0.3 is 9.47 Å². The molecule has 1 saturated heterocycles. The van der Waals surface area contributed by atoms with E-state index >= 15 is 0 Å². The number of urea groups is 1. The van der Waals surface area contributed by atoms with Gasteiger partial charge in [0.25, 0.3) is 11.8 Å². The zero-order valence-corrected chi connectivity index (χ0v) is 22.3. The molecule has 0 radical (unpaired) electrons. The highest BCUT2D eigenvalue weighted by molar-refractivity contribution is 9.10. The number of hydrogen-bond acceptors (Lipinski definition) is 7. The molecule has 40 heavy (non-hydrogen) atoms. The zero-order chi connectivity index (χ0) is 29.4. The molecule has 0 atom stereocenters. The highest BCUT2D eigenvalue weighted by Gasteiger charge is 2.37. The van der Waals surface area contributed by atoms with Gasteiger partial charge in [-0.25, -0.2) is 9.69 Å². The van der Waals surface area contributed by atoms with E-state index in [0.29, 0.717) is 17.2 Å². The zero-order valence-electron chi connectivity index (χ0n) is 19.9. The monoisotopic (exact) mass is 639 g/mol. The van der Waals surface area contributed by atoms with Crippen LogP contribution in [-0.2, 0) is 15.8 Å². The largest absolute Gasteiger partial charge is 0.493 e. The predicted octanol–water partition coefficient (Wildman–Crippen LogP) is 6.50. The number of nitro groups is 1. The molecule has 1 aliphatic heterocycles. The summed E-state index contributed by atoms with van der Waals surface area (Å²) >= 11 is 9.08. The van der Waals surface area contributed by atoms with Crippen LogP contribution in [0.3, 0.4) is 0 Å². The molecule has 4 amide bonds. The molecule has 1 fully saturated rings. The van der Waals surface area contributed by atoms with Crippen LogP contribution in [0.5, 0.6) is 17.2 Å². The molecule has 15 heteroatoms. The van der Waals surface area contributed by atoms with Gasteiger partial charge in [-0.05, 0) is 76.1 Å². The van der Waals surface area contributed by atoms with E-state index in [4.69, 9.17) is 21.1 Å². The molecule has 1 N–H and O–H groups in total. The number of anilines is 1. The number of carbonyl (C=O) groups excluding carboxylic acids is 3. The molecular formula is C25H14BrClF3N3O7. The van der Waals surface area contributed by atoms with Crippen molar-refractivity contribution in [2.75, 3.05) is 12.0 Å². The lowest BCUT2D eigenvalue weighted by Crippen LogP contribution is -2.54. The number of hydrogen-bond donors (Lipinski definition) is 1. The fourth-order valence-electron chi connectivity index (χ4n) is 3.60. The molecule has 0 unspecified atom stereocenters. The summed E-state index contributed by atoms with van der Waals surface area (Å²) in [5.41, 5.74) is -2.21. The summed E-state index contributed by atoms with van der Waals surface area (Å²) in [4.78, 5) is 49.2. The van der Waals surface area contributed by atoms with Gasteiger partial charge in [-0.15, -0.1) is 0 Å². The van der Waals surface area contributed by atoms with Crippen molar-refractivity contribution >= 4 is 62.8 Å². The molecule has 0 bridgehead atoms. The van der Waals surface area contributed by atoms with Crippen molar-refractivity contribution in [1.29, 1.82) is 0 Å². The number of methoxy groups -OCH3 is 1. The lowest BCUT2D eigenvalue weighted by molar-refractivity contribution is -0.385. The third kappa shape index (κ3) is 5.77. The maximum Gasteiger partial charge on any atom is 0.416 e. The third-order valence-corrected chi connectivity index (χ3v) is 6.29. The average molecular weight is 641 g/mol. The van der Waals surface area contributed by atoms with Crippen molar-refractivity contribution in [2.24, 2.45) is 0 Å². The van der Waals surface area contributed by atoms with Crippen molar-refractivity contribution < 1.29 is 42.0 Å². The standard InChI is InChI=1S/C25H14BrClF3N3O7/c1-39-20-10-12(8-16-22(34)31-24(36)32(23(16)35)15-5-3-14(27)4-6-15)9-17(26)21(20)40-19-7-2-13(25(28,29)30)11-18(19)33(37)38/h2-11H,1H3,(H,31,34,36)/b16-8+. The number of nitrogens with one attached hydrogen (secondary N) is 1. The van der Waals surface area contributed by atoms with Gasteiger partial charge in [-0.3, -0.25) is 25.0 Å². The number of benzene rings is 3. The number of amides is 4. The topological polar surface area (TPSA) is 128 Å². The average Bonchev–Trinajstić information content (AvgIpc) is 2.88. The maximum atomic E-state index is 13.1. The third-order valence-electron chi connectivity index (χ3n) is 5.44. The summed E-state index contributed by atoms with van der Waals surface area (Å²) in [7, 11) is 1.23. The Hall–Kier alpha value is -4.43. The van der Waals surface area contributed by atoms with Crippen LogP contribution in [0.4, 0.5) is 29.3 Å². The molecule has 0 saturated carbocycles. The van der Waals surface area contributed by atoms with Crippen LogP contribution >= 0.6 is 27.5 Å². The molecule has 0 aliphatic carbocycles. The molecule has 0 aromatic heterocycles. The van der Waals surface area contributed by atoms with E-state index in [0.717, 1.165) is 11.0 Å². The number of nitro benzene ring substituents is 1. The second-order valence-electron chi connectivity index (χ2n) is 8.01. The quantitative estimate of drug-likeness (QED) is 0.141. The van der Waals surface area contributed by atoms with Gasteiger partial charge in [0.2, 0.25) is 5.75 Å². The Labute approximate surface area is 236 Å². The van der Waals surface area contributed by atoms with Crippen molar-refractivity contribution in [1.82, 2.24) is 5.32 Å². The van der Waals surface area contributed by atoms with Gasteiger partial charge in [0.1, 0.15) is 5.57 Å². The van der Waals surface area contributed by atoms with E-state index in [1.807, 2.05) is 0 Å². The first-order valence-corrected chi connectivity index (χ1v) is 12.0. The minimum absolute atomic E-state index is 0.0512. The number of halogens is 5. The van der Waals surface area contributed by atoms with Crippen molar-refractivity contribution in [3.05, 3.63) is 90.9 Å². The summed E-state index contributed by atoms with van der Waals surface area (Å²) in [5.74, 6) is -2.57. The van der Waals surface area contributed by atoms with Crippen LogP contribution in [0.2, 0.25) is 5.02 Å². The molecule has 1 heterocycles. The smallest absolute Gasteiger partial charge is 0.416 e. The van der Waals surface area contributed by atoms with Gasteiger partial charge in [-0.2, -0.15) is 13.2 Å². The molecule has 3 aromatic rings. The molecule has 1 aliphatic rings. The van der Waals surface area contributed by atoms with E-state index in [1.165, 1.54) is 49.6 Å². The lowest BCUT2D eigenvalue weighted by Gasteiger charge is -2.26. The van der Waals surface area contributed by atoms with Crippen molar-refractivity contribution in [3.8, 4) is 17.2 Å². The Bertz CT molecular complexity index is 1590. The fraction of sp³-hybridized carbons (Fsp3) is 0.0800. The normalized spacial score (nSPS) is 14.8. The Balaban J connectivity index is 1.71. The number of ether oxygens (including phenoxy) is 2. The number of imide groups is 2. The van der Waals surface area contributed by atoms with Crippen LogP contribution in [0.15, 0.2) is 64.6 Å². The number of carbonyl (C=O) groups is 3. The highest BCUT2D eigenvalue weighted by atomic mass is 79.9. The Kier molecular flexibility index (Phi) is 7.84. The number of nitrogens with zero attached hydrogens (tertiary/aromatic N) is 2. The van der Waals surface area contributed by atoms with Crippen LogP contribution in [-0.4, -0.2) is 29.9 Å². The van der Waals surface area contributed by atoms with Gasteiger partial charge in [0.05, 0.1) is 27.8 Å². The minimum atomic E-state index is -4.81. The molecule has 0 spiro atoms. The van der Waals surface area contributed by atoms with Crippen LogP contribution in [0.1, 0.15) is 11.1 Å². The second-order valence-corrected chi connectivity index (χ2v) is 9.30. The van der Waals surface area contributed by atoms with E-state index < -0.39 is 51.5 Å². The van der Waals surface area contributed by atoms with Crippen molar-refractivity contribution in [3.63, 3.8) is 0 Å². The molecule has 10 nitrogen and oxygen atoms in total. The molecular weight excluding hydrogens is 627 g/mol. The fourth-order valence-corrected chi connectivity index (χ4v) is 4.27. The molecule has 206 valence electrons. The molecule has 4 rings (SSSR count). The lowest BCUT2D eigenvalue weighted by atomic mass is 10.1. The van der Waals surface area contributed by atoms with E-state index in [2.05, 4.69) is 21.2 Å². The Morgan fingerprint density at radius 2 is 1.73 bits per heavy atom. The van der Waals surface area contributed by atoms with E-state index in [-0.39, 0.29) is 27.2 Å². The predicted molar refractivity (Wildman–Crippen MR) is 139 cm³/mol. The maximum absolute atomic E-state index is 13.1. The number of rotatable bonds is 6. The first-order valence-electron chi connectivity index (χ1n) is 10.9. The molecule has 3 aromatic carbocycles. The summed E-state index contributed by atoms with van der Waals surface area (Å²) < 4.78 is 50.1. The summed E-state index contributed by atoms with van der Waals surface area (Å²) in [6, 6.07) is 9.23. The van der Waals surface area contributed by atoms with Crippen LogP contribution in [0.25, 0.3) is 6.08 Å². The first-order chi connectivity index (χ1) is 18.8. The van der Waals surface area contributed by atoms with Gasteiger partial charge in [0, 0.05) is 11.1 Å². The second kappa shape index (κ2) is 11.0. The summed E-state index contributed by atoms with van der Waals surface area (Å²) in [6.45, 7) is 0. The van der Waals surface area contributed by atoms with E-state index in [9.17, 15) is 37.7 Å². The Morgan fingerprint density at radius 3 is 2.33 bits per heavy atom. The van der Waals surface area contributed by atoms with Crippen molar-refractivity contribution in [2.45, 2.75) is 6.18 Å². The van der Waals surface area contributed by atoms with Crippen LogP contribution < -0.4 is 19.7 Å². The minimum Gasteiger partial charge on any atom is -0.493 e. The first kappa shape index (κ1) is 28.6. The SMILES string of the molecule is COc1cc(/C=C2\C(=O)NC(=O)N(c3ccc(Cl)cc3)C2=O)cc(Br)c1Oc1ccc(C(F)(F)F)cc1[N+](=O)[O-]. The summed E-state index contributed by atoms with van der Waals surface area (Å²) in [6.07, 6.45) is -3.64. The van der Waals surface area contributed by atoms with Gasteiger partial charge >= 0.3 is 17.9 Å². The van der Waals surface area contributed by atoms with E-state index in [1.54, 1.807) is 0 Å². The van der Waals surface area contributed by atoms with Crippen LogP contribution in [0, 0.1) is 10.1 Å². The van der Waals surface area contributed by atoms with Gasteiger partial charge in [0.15, 0.2) is 11.5 Å². The highest BCUT2D eigenvalue weighted by Crippen LogP contribution is 2.44. The Morgan fingerprint density at radius 1 is 1.05 bits per heavy atom. The summed E-state index contributed by atoms with van der Waals surface area (Å²) in [5, 5.41) is 13.9. The number of barbiturate groups is 1. The number of alkyl halides is 3.